The number of nitrogens with two attached hydrogens (primary N) is 1. The van der Waals surface area contributed by atoms with Crippen molar-refractivity contribution in [2.24, 2.45) is 0 Å². The maximum Gasteiger partial charge on any atom is 0.241 e. The molecular weight excluding hydrogens is 424 g/mol. The van der Waals surface area contributed by atoms with Gasteiger partial charge in [0.1, 0.15) is 22.3 Å². The van der Waals surface area contributed by atoms with Crippen molar-refractivity contribution >= 4 is 45.4 Å². The number of amides is 1. The van der Waals surface area contributed by atoms with Crippen LogP contribution in [0.5, 0.6) is 0 Å². The highest BCUT2D eigenvalue weighted by Gasteiger charge is 2.24. The summed E-state index contributed by atoms with van der Waals surface area (Å²) in [6, 6.07) is 10.6. The molecule has 0 spiro atoms. The second-order valence-corrected chi connectivity index (χ2v) is 8.07. The molecule has 3 aromatic rings. The van der Waals surface area contributed by atoms with Crippen LogP contribution in [0.15, 0.2) is 42.5 Å². The number of likely N-dealkylation sites (N-methyl/N-ethyl adjacent to an activating group) is 1. The lowest BCUT2D eigenvalue weighted by atomic mass is 10.1. The zero-order valence-electron chi connectivity index (χ0n) is 16.6. The highest BCUT2D eigenvalue weighted by atomic mass is 32.1. The second-order valence-electron chi connectivity index (χ2n) is 7.07. The first-order valence-corrected chi connectivity index (χ1v) is 10.3. The van der Waals surface area contributed by atoms with Gasteiger partial charge in [-0.25, -0.2) is 13.8 Å². The number of anilines is 4. The number of carbonyl (C=O) groups is 2. The molecule has 0 unspecified atom stereocenters. The lowest BCUT2D eigenvalue weighted by Gasteiger charge is -2.33. The third-order valence-electron chi connectivity index (χ3n) is 4.99. The minimum Gasteiger partial charge on any atom is -0.382 e. The fourth-order valence-corrected chi connectivity index (χ4v) is 4.09. The molecular formula is C21H19F2N5O2S. The van der Waals surface area contributed by atoms with Crippen molar-refractivity contribution < 1.29 is 18.4 Å². The largest absolute Gasteiger partial charge is 0.382 e. The Bertz CT molecular complexity index is 1130. The van der Waals surface area contributed by atoms with E-state index in [0.717, 1.165) is 35.7 Å². The van der Waals surface area contributed by atoms with E-state index in [9.17, 15) is 18.4 Å². The van der Waals surface area contributed by atoms with Gasteiger partial charge in [-0.05, 0) is 36.4 Å². The lowest BCUT2D eigenvalue weighted by Crippen LogP contribution is -2.48. The Labute approximate surface area is 181 Å². The quantitative estimate of drug-likeness (QED) is 0.589. The van der Waals surface area contributed by atoms with E-state index in [4.69, 9.17) is 5.73 Å². The fourth-order valence-electron chi connectivity index (χ4n) is 3.23. The van der Waals surface area contributed by atoms with Crippen molar-refractivity contribution in [3.8, 4) is 0 Å². The summed E-state index contributed by atoms with van der Waals surface area (Å²) in [5.41, 5.74) is 6.78. The van der Waals surface area contributed by atoms with Crippen molar-refractivity contribution in [2.75, 3.05) is 42.6 Å². The maximum absolute atomic E-state index is 13.9. The first-order chi connectivity index (χ1) is 14.8. The molecule has 4 rings (SSSR count). The van der Waals surface area contributed by atoms with Gasteiger partial charge < -0.3 is 20.9 Å². The molecule has 1 aliphatic heterocycles. The Morgan fingerprint density at radius 3 is 2.45 bits per heavy atom. The number of aromatic nitrogens is 1. The van der Waals surface area contributed by atoms with Crippen molar-refractivity contribution in [1.29, 1.82) is 0 Å². The minimum atomic E-state index is -0.953. The van der Waals surface area contributed by atoms with Crippen LogP contribution in [0.25, 0.3) is 0 Å². The number of nitrogen functional groups attached to an aromatic ring is 1. The monoisotopic (exact) mass is 443 g/mol. The molecule has 1 amide bonds. The van der Waals surface area contributed by atoms with Gasteiger partial charge in [0.25, 0.3) is 0 Å². The Morgan fingerprint density at radius 2 is 1.81 bits per heavy atom. The molecule has 1 aromatic heterocycles. The molecule has 3 N–H and O–H groups in total. The Kier molecular flexibility index (Phi) is 5.55. The van der Waals surface area contributed by atoms with E-state index in [1.54, 1.807) is 11.9 Å². The minimum absolute atomic E-state index is 0.0425. The third-order valence-corrected chi connectivity index (χ3v) is 5.98. The van der Waals surface area contributed by atoms with Crippen molar-refractivity contribution in [3.63, 3.8) is 0 Å². The number of carbonyl (C=O) groups excluding carboxylic acids is 2. The van der Waals surface area contributed by atoms with Crippen LogP contribution in [0, 0.1) is 11.6 Å². The average molecular weight is 443 g/mol. The second kappa shape index (κ2) is 8.31. The van der Waals surface area contributed by atoms with E-state index in [2.05, 4.69) is 10.3 Å². The third kappa shape index (κ3) is 4.19. The number of hydrogen-bond donors (Lipinski definition) is 2. The van der Waals surface area contributed by atoms with Crippen LogP contribution in [0.3, 0.4) is 0 Å². The number of hydrogen-bond acceptors (Lipinski definition) is 7. The molecule has 1 fully saturated rings. The van der Waals surface area contributed by atoms with Crippen LogP contribution in [-0.4, -0.2) is 48.3 Å². The molecule has 10 heteroatoms. The van der Waals surface area contributed by atoms with Gasteiger partial charge in [0.05, 0.1) is 12.1 Å². The highest BCUT2D eigenvalue weighted by molar-refractivity contribution is 7.18. The summed E-state index contributed by atoms with van der Waals surface area (Å²) in [5.74, 6) is -2.80. The van der Waals surface area contributed by atoms with E-state index in [0.29, 0.717) is 23.9 Å². The van der Waals surface area contributed by atoms with Crippen LogP contribution in [0.2, 0.25) is 0 Å². The number of ketones is 1. The number of rotatable bonds is 5. The molecule has 160 valence electrons. The summed E-state index contributed by atoms with van der Waals surface area (Å²) in [4.78, 5) is 32.2. The van der Waals surface area contributed by atoms with Gasteiger partial charge in [-0.3, -0.25) is 9.59 Å². The molecule has 0 saturated carbocycles. The van der Waals surface area contributed by atoms with Crippen LogP contribution >= 0.6 is 11.3 Å². The number of thiazole rings is 1. The zero-order valence-corrected chi connectivity index (χ0v) is 17.4. The molecule has 2 aromatic carbocycles. The summed E-state index contributed by atoms with van der Waals surface area (Å²) in [6.45, 7) is 1.73. The lowest BCUT2D eigenvalue weighted by molar-refractivity contribution is -0.129. The first-order valence-electron chi connectivity index (χ1n) is 9.44. The van der Waals surface area contributed by atoms with E-state index in [1.807, 2.05) is 29.2 Å². The van der Waals surface area contributed by atoms with Crippen molar-refractivity contribution in [1.82, 2.24) is 9.88 Å². The summed E-state index contributed by atoms with van der Waals surface area (Å²) in [5, 5.41) is 3.36. The number of piperazine rings is 1. The molecule has 0 bridgehead atoms. The van der Waals surface area contributed by atoms with Gasteiger partial charge in [-0.15, -0.1) is 0 Å². The van der Waals surface area contributed by atoms with Gasteiger partial charge in [-0.2, -0.15) is 0 Å². The SMILES string of the molecule is CN1CCN(c2ccc(Nc3nc(N)c(C(=O)c4c(F)cccc4F)s3)cc2)CC1=O. The molecule has 0 atom stereocenters. The van der Waals surface area contributed by atoms with Crippen molar-refractivity contribution in [3.05, 3.63) is 64.5 Å². The molecule has 1 saturated heterocycles. The number of benzene rings is 2. The Morgan fingerprint density at radius 1 is 1.13 bits per heavy atom. The van der Waals surface area contributed by atoms with Gasteiger partial charge in [0, 0.05) is 31.5 Å². The smallest absolute Gasteiger partial charge is 0.241 e. The topological polar surface area (TPSA) is 91.6 Å². The molecule has 31 heavy (non-hydrogen) atoms. The van der Waals surface area contributed by atoms with Gasteiger partial charge in [-0.1, -0.05) is 17.4 Å². The van der Waals surface area contributed by atoms with Gasteiger partial charge >= 0.3 is 0 Å². The predicted molar refractivity (Wildman–Crippen MR) is 116 cm³/mol. The van der Waals surface area contributed by atoms with Crippen LogP contribution in [0.4, 0.5) is 31.1 Å². The number of halogens is 2. The summed E-state index contributed by atoms with van der Waals surface area (Å²) in [6.07, 6.45) is 0. The molecule has 1 aliphatic rings. The molecule has 0 radical (unpaired) electrons. The number of nitrogens with one attached hydrogen (secondary N) is 1. The highest BCUT2D eigenvalue weighted by Crippen LogP contribution is 2.31. The van der Waals surface area contributed by atoms with E-state index in [1.165, 1.54) is 6.07 Å². The molecule has 7 nitrogen and oxygen atoms in total. The van der Waals surface area contributed by atoms with E-state index < -0.39 is 23.0 Å². The summed E-state index contributed by atoms with van der Waals surface area (Å²) in [7, 11) is 1.78. The van der Waals surface area contributed by atoms with Crippen LogP contribution in [0.1, 0.15) is 15.2 Å². The average Bonchev–Trinajstić information content (AvgIpc) is 3.10. The number of nitrogens with zero attached hydrogens (tertiary/aromatic N) is 3. The van der Waals surface area contributed by atoms with Crippen LogP contribution in [-0.2, 0) is 4.79 Å². The van der Waals surface area contributed by atoms with Crippen LogP contribution < -0.4 is 16.0 Å². The van der Waals surface area contributed by atoms with Gasteiger partial charge in [0.2, 0.25) is 11.7 Å². The zero-order chi connectivity index (χ0) is 22.1. The standard InChI is InChI=1S/C21H19F2N5O2S/c1-27-9-10-28(11-16(27)29)13-7-5-12(6-8-13)25-21-26-20(24)19(31-21)18(30)17-14(22)3-2-4-15(17)23/h2-8H,9-11,24H2,1H3,(H,25,26). The normalized spacial score (nSPS) is 14.1. The van der Waals surface area contributed by atoms with Crippen molar-refractivity contribution in [2.45, 2.75) is 0 Å². The van der Waals surface area contributed by atoms with Gasteiger partial charge in [0.15, 0.2) is 5.13 Å². The molecule has 2 heterocycles. The van der Waals surface area contributed by atoms with E-state index >= 15 is 0 Å². The first kappa shape index (κ1) is 20.7. The summed E-state index contributed by atoms with van der Waals surface area (Å²) < 4.78 is 27.9. The Balaban J connectivity index is 1.50. The predicted octanol–water partition coefficient (Wildman–Crippen LogP) is 3.26. The Hall–Kier alpha value is -3.53. The maximum atomic E-state index is 13.9. The molecule has 0 aliphatic carbocycles. The fraction of sp³-hybridized carbons (Fsp3) is 0.190. The van der Waals surface area contributed by atoms with E-state index in [-0.39, 0.29) is 16.6 Å². The summed E-state index contributed by atoms with van der Waals surface area (Å²) >= 11 is 0.917.